The number of fused-ring (bicyclic) bond motifs is 1. The van der Waals surface area contributed by atoms with E-state index in [1.54, 1.807) is 0 Å². The maximum Gasteiger partial charge on any atom is 0.0524 e. The summed E-state index contributed by atoms with van der Waals surface area (Å²) in [5.41, 5.74) is 8.53. The first kappa shape index (κ1) is 8.75. The van der Waals surface area contributed by atoms with Crippen LogP contribution >= 0.6 is 0 Å². The molecule has 0 aliphatic heterocycles. The fraction of sp³-hybridized carbons (Fsp3) is 0.700. The van der Waals surface area contributed by atoms with Gasteiger partial charge < -0.3 is 5.73 Å². The van der Waals surface area contributed by atoms with E-state index in [4.69, 9.17) is 5.73 Å². The SMILES string of the molecule is CCn1ncc2c1CC[C@@H](CN)C2. The quantitative estimate of drug-likeness (QED) is 0.735. The van der Waals surface area contributed by atoms with Gasteiger partial charge in [0, 0.05) is 12.2 Å². The van der Waals surface area contributed by atoms with Crippen LogP contribution in [0.15, 0.2) is 6.20 Å². The molecule has 1 aliphatic rings. The van der Waals surface area contributed by atoms with Crippen LogP contribution in [0.25, 0.3) is 0 Å². The van der Waals surface area contributed by atoms with E-state index in [2.05, 4.69) is 16.7 Å². The lowest BCUT2D eigenvalue weighted by molar-refractivity contribution is 0.453. The van der Waals surface area contributed by atoms with Gasteiger partial charge in [0.15, 0.2) is 0 Å². The van der Waals surface area contributed by atoms with E-state index in [-0.39, 0.29) is 0 Å². The third-order valence-electron chi connectivity index (χ3n) is 2.97. The van der Waals surface area contributed by atoms with Crippen LogP contribution < -0.4 is 5.73 Å². The molecule has 0 amide bonds. The third-order valence-corrected chi connectivity index (χ3v) is 2.97. The van der Waals surface area contributed by atoms with Crippen molar-refractivity contribution in [3.8, 4) is 0 Å². The first-order valence-electron chi connectivity index (χ1n) is 5.08. The highest BCUT2D eigenvalue weighted by Crippen LogP contribution is 2.24. The molecule has 0 saturated heterocycles. The molecule has 0 unspecified atom stereocenters. The summed E-state index contributed by atoms with van der Waals surface area (Å²) in [5, 5.41) is 4.36. The minimum Gasteiger partial charge on any atom is -0.330 e. The number of nitrogens with two attached hydrogens (primary N) is 1. The van der Waals surface area contributed by atoms with Gasteiger partial charge >= 0.3 is 0 Å². The number of aryl methyl sites for hydroxylation is 1. The van der Waals surface area contributed by atoms with Crippen LogP contribution in [0.1, 0.15) is 24.6 Å². The second-order valence-electron chi connectivity index (χ2n) is 3.78. The summed E-state index contributed by atoms with van der Waals surface area (Å²) in [7, 11) is 0. The lowest BCUT2D eigenvalue weighted by atomic mass is 9.88. The van der Waals surface area contributed by atoms with Crippen LogP contribution in [-0.2, 0) is 19.4 Å². The van der Waals surface area contributed by atoms with Crippen LogP contribution in [0.2, 0.25) is 0 Å². The van der Waals surface area contributed by atoms with E-state index < -0.39 is 0 Å². The monoisotopic (exact) mass is 179 g/mol. The zero-order valence-electron chi connectivity index (χ0n) is 8.16. The summed E-state index contributed by atoms with van der Waals surface area (Å²) in [6, 6.07) is 0. The molecule has 13 heavy (non-hydrogen) atoms. The Kier molecular flexibility index (Phi) is 2.36. The predicted octanol–water partition coefficient (Wildman–Crippen LogP) is 0.967. The number of nitrogens with zero attached hydrogens (tertiary/aromatic N) is 2. The number of aromatic nitrogens is 2. The van der Waals surface area contributed by atoms with Crippen LogP contribution in [0.3, 0.4) is 0 Å². The molecule has 1 heterocycles. The predicted molar refractivity (Wildman–Crippen MR) is 52.5 cm³/mol. The molecule has 0 spiro atoms. The summed E-state index contributed by atoms with van der Waals surface area (Å²) in [5.74, 6) is 0.682. The Morgan fingerprint density at radius 2 is 2.54 bits per heavy atom. The Balaban J connectivity index is 2.22. The van der Waals surface area contributed by atoms with Gasteiger partial charge in [0.1, 0.15) is 0 Å². The van der Waals surface area contributed by atoms with Crippen LogP contribution in [-0.4, -0.2) is 16.3 Å². The van der Waals surface area contributed by atoms with Gasteiger partial charge in [-0.05, 0) is 44.2 Å². The minimum absolute atomic E-state index is 0.682. The van der Waals surface area contributed by atoms with Gasteiger partial charge in [0.2, 0.25) is 0 Å². The molecule has 0 aromatic carbocycles. The number of hydrogen-bond donors (Lipinski definition) is 1. The Labute approximate surface area is 78.9 Å². The maximum absolute atomic E-state index is 5.67. The second-order valence-corrected chi connectivity index (χ2v) is 3.78. The van der Waals surface area contributed by atoms with Crippen molar-refractivity contribution in [2.75, 3.05) is 6.54 Å². The fourth-order valence-electron chi connectivity index (χ4n) is 2.14. The van der Waals surface area contributed by atoms with Crippen molar-refractivity contribution in [1.82, 2.24) is 9.78 Å². The summed E-state index contributed by atoms with van der Waals surface area (Å²) in [4.78, 5) is 0. The first-order chi connectivity index (χ1) is 6.35. The molecule has 1 aliphatic carbocycles. The van der Waals surface area contributed by atoms with Crippen molar-refractivity contribution in [2.24, 2.45) is 11.7 Å². The summed E-state index contributed by atoms with van der Waals surface area (Å²) >= 11 is 0. The standard InChI is InChI=1S/C10H17N3/c1-2-13-10-4-3-8(6-11)5-9(10)7-12-13/h7-8H,2-6,11H2,1H3/t8-/m1/s1. The van der Waals surface area contributed by atoms with Crippen LogP contribution in [0, 0.1) is 5.92 Å². The maximum atomic E-state index is 5.67. The van der Waals surface area contributed by atoms with Gasteiger partial charge in [-0.15, -0.1) is 0 Å². The van der Waals surface area contributed by atoms with E-state index in [9.17, 15) is 0 Å². The zero-order valence-corrected chi connectivity index (χ0v) is 8.16. The highest BCUT2D eigenvalue weighted by atomic mass is 15.3. The van der Waals surface area contributed by atoms with Crippen molar-refractivity contribution in [1.29, 1.82) is 0 Å². The van der Waals surface area contributed by atoms with Gasteiger partial charge in [-0.25, -0.2) is 0 Å². The van der Waals surface area contributed by atoms with E-state index in [1.165, 1.54) is 17.7 Å². The Hall–Kier alpha value is -0.830. The van der Waals surface area contributed by atoms with E-state index in [1.807, 2.05) is 6.20 Å². The summed E-state index contributed by atoms with van der Waals surface area (Å²) < 4.78 is 2.11. The molecular weight excluding hydrogens is 162 g/mol. The molecule has 0 saturated carbocycles. The molecule has 2 N–H and O–H groups in total. The topological polar surface area (TPSA) is 43.8 Å². The van der Waals surface area contributed by atoms with Crippen molar-refractivity contribution < 1.29 is 0 Å². The van der Waals surface area contributed by atoms with Crippen LogP contribution in [0.5, 0.6) is 0 Å². The molecule has 3 heteroatoms. The molecular formula is C10H17N3. The first-order valence-corrected chi connectivity index (χ1v) is 5.08. The van der Waals surface area contributed by atoms with Gasteiger partial charge in [-0.3, -0.25) is 4.68 Å². The zero-order chi connectivity index (χ0) is 9.26. The smallest absolute Gasteiger partial charge is 0.0524 e. The normalized spacial score (nSPS) is 21.5. The van der Waals surface area contributed by atoms with Crippen molar-refractivity contribution in [3.63, 3.8) is 0 Å². The van der Waals surface area contributed by atoms with Crippen molar-refractivity contribution in [2.45, 2.75) is 32.7 Å². The molecule has 1 atom stereocenters. The molecule has 0 radical (unpaired) electrons. The average molecular weight is 179 g/mol. The Morgan fingerprint density at radius 1 is 1.69 bits per heavy atom. The van der Waals surface area contributed by atoms with Gasteiger partial charge in [-0.1, -0.05) is 0 Å². The lowest BCUT2D eigenvalue weighted by Gasteiger charge is -2.21. The number of hydrogen-bond acceptors (Lipinski definition) is 2. The average Bonchev–Trinajstić information content (AvgIpc) is 2.59. The molecule has 3 nitrogen and oxygen atoms in total. The largest absolute Gasteiger partial charge is 0.330 e. The van der Waals surface area contributed by atoms with Gasteiger partial charge in [-0.2, -0.15) is 5.10 Å². The Morgan fingerprint density at radius 3 is 3.23 bits per heavy atom. The van der Waals surface area contributed by atoms with Crippen molar-refractivity contribution >= 4 is 0 Å². The molecule has 0 fully saturated rings. The molecule has 1 aromatic heterocycles. The van der Waals surface area contributed by atoms with Gasteiger partial charge in [0.05, 0.1) is 6.20 Å². The number of rotatable bonds is 2. The summed E-state index contributed by atoms with van der Waals surface area (Å²) in [6.07, 6.45) is 5.53. The highest BCUT2D eigenvalue weighted by Gasteiger charge is 2.20. The molecule has 72 valence electrons. The van der Waals surface area contributed by atoms with Crippen LogP contribution in [0.4, 0.5) is 0 Å². The molecule has 2 rings (SSSR count). The highest BCUT2D eigenvalue weighted by molar-refractivity contribution is 5.21. The molecule has 1 aromatic rings. The Bertz CT molecular complexity index is 290. The second kappa shape index (κ2) is 3.50. The van der Waals surface area contributed by atoms with E-state index in [0.717, 1.165) is 25.9 Å². The van der Waals surface area contributed by atoms with Gasteiger partial charge in [0.25, 0.3) is 0 Å². The van der Waals surface area contributed by atoms with Crippen molar-refractivity contribution in [3.05, 3.63) is 17.5 Å². The van der Waals surface area contributed by atoms with E-state index >= 15 is 0 Å². The van der Waals surface area contributed by atoms with E-state index in [0.29, 0.717) is 5.92 Å². The molecule has 0 bridgehead atoms. The lowest BCUT2D eigenvalue weighted by Crippen LogP contribution is -2.22. The fourth-order valence-corrected chi connectivity index (χ4v) is 2.14. The third kappa shape index (κ3) is 1.48. The minimum atomic E-state index is 0.682. The summed E-state index contributed by atoms with van der Waals surface area (Å²) in [6.45, 7) is 3.95.